The summed E-state index contributed by atoms with van der Waals surface area (Å²) in [7, 11) is -3.54. The molecule has 8 heteroatoms. The third kappa shape index (κ3) is 5.02. The molecule has 1 saturated heterocycles. The van der Waals surface area contributed by atoms with Crippen LogP contribution >= 0.6 is 0 Å². The highest BCUT2D eigenvalue weighted by molar-refractivity contribution is 7.89. The molecule has 0 radical (unpaired) electrons. The molecular formula is C25H31N5O2S. The van der Waals surface area contributed by atoms with E-state index in [2.05, 4.69) is 39.2 Å². The molecule has 1 aliphatic rings. The monoisotopic (exact) mass is 465 g/mol. The Balaban J connectivity index is 1.50. The van der Waals surface area contributed by atoms with Crippen LogP contribution in [0.1, 0.15) is 28.1 Å². The summed E-state index contributed by atoms with van der Waals surface area (Å²) in [6, 6.07) is 13.9. The first kappa shape index (κ1) is 23.2. The molecule has 4 rings (SSSR count). The van der Waals surface area contributed by atoms with E-state index in [1.54, 1.807) is 4.31 Å². The van der Waals surface area contributed by atoms with Crippen LogP contribution in [0, 0.1) is 34.6 Å². The van der Waals surface area contributed by atoms with Gasteiger partial charge in [0.2, 0.25) is 10.0 Å². The topological polar surface area (TPSA) is 78.4 Å². The summed E-state index contributed by atoms with van der Waals surface area (Å²) in [5, 5.41) is 3.34. The van der Waals surface area contributed by atoms with Crippen LogP contribution in [-0.2, 0) is 10.0 Å². The molecule has 1 fully saturated rings. The minimum absolute atomic E-state index is 0.416. The molecule has 3 aromatic rings. The number of nitrogens with one attached hydrogen (secondary N) is 1. The normalized spacial score (nSPS) is 15.0. The first-order valence-corrected chi connectivity index (χ1v) is 12.6. The van der Waals surface area contributed by atoms with Crippen LogP contribution in [0.25, 0.3) is 0 Å². The Morgan fingerprint density at radius 1 is 0.788 bits per heavy atom. The summed E-state index contributed by atoms with van der Waals surface area (Å²) < 4.78 is 28.4. The minimum Gasteiger partial charge on any atom is -0.354 e. The van der Waals surface area contributed by atoms with E-state index >= 15 is 0 Å². The van der Waals surface area contributed by atoms with Crippen LogP contribution in [0.3, 0.4) is 0 Å². The fraction of sp³-hybridized carbons (Fsp3) is 0.360. The average Bonchev–Trinajstić information content (AvgIpc) is 2.74. The number of anilines is 3. The molecule has 0 bridgehead atoms. The number of benzene rings is 2. The molecular weight excluding hydrogens is 434 g/mol. The molecule has 0 aliphatic carbocycles. The summed E-state index contributed by atoms with van der Waals surface area (Å²) in [6.45, 7) is 11.6. The van der Waals surface area contributed by atoms with Crippen molar-refractivity contribution in [2.75, 3.05) is 36.4 Å². The van der Waals surface area contributed by atoms with E-state index in [0.29, 0.717) is 36.9 Å². The van der Waals surface area contributed by atoms with Crippen LogP contribution in [0.5, 0.6) is 0 Å². The van der Waals surface area contributed by atoms with Gasteiger partial charge in [0.25, 0.3) is 0 Å². The highest BCUT2D eigenvalue weighted by Crippen LogP contribution is 2.27. The van der Waals surface area contributed by atoms with Gasteiger partial charge in [0.05, 0.1) is 4.90 Å². The molecule has 174 valence electrons. The maximum absolute atomic E-state index is 13.4. The summed E-state index contributed by atoms with van der Waals surface area (Å²) >= 11 is 0. The quantitative estimate of drug-likeness (QED) is 0.606. The molecule has 0 atom stereocenters. The maximum Gasteiger partial charge on any atom is 0.243 e. The number of aryl methyl sites for hydroxylation is 5. The zero-order chi connectivity index (χ0) is 23.8. The van der Waals surface area contributed by atoms with Crippen molar-refractivity contribution in [3.63, 3.8) is 0 Å². The minimum atomic E-state index is -3.54. The van der Waals surface area contributed by atoms with Crippen LogP contribution < -0.4 is 10.2 Å². The van der Waals surface area contributed by atoms with Gasteiger partial charge in [0, 0.05) is 37.9 Å². The van der Waals surface area contributed by atoms with Crippen molar-refractivity contribution in [2.24, 2.45) is 0 Å². The molecule has 1 aromatic heterocycles. The van der Waals surface area contributed by atoms with Crippen LogP contribution in [0.15, 0.2) is 47.4 Å². The van der Waals surface area contributed by atoms with E-state index in [-0.39, 0.29) is 0 Å². The number of hydrogen-bond acceptors (Lipinski definition) is 6. The number of rotatable bonds is 5. The zero-order valence-corrected chi connectivity index (χ0v) is 20.7. The Morgan fingerprint density at radius 2 is 1.39 bits per heavy atom. The fourth-order valence-electron chi connectivity index (χ4n) is 4.42. The second-order valence-corrected chi connectivity index (χ2v) is 10.6. The van der Waals surface area contributed by atoms with Crippen molar-refractivity contribution >= 4 is 27.3 Å². The van der Waals surface area contributed by atoms with E-state index in [9.17, 15) is 8.42 Å². The van der Waals surface area contributed by atoms with Gasteiger partial charge < -0.3 is 10.2 Å². The molecule has 0 spiro atoms. The van der Waals surface area contributed by atoms with Gasteiger partial charge in [-0.2, -0.15) is 4.31 Å². The molecule has 0 saturated carbocycles. The smallest absolute Gasteiger partial charge is 0.243 e. The lowest BCUT2D eigenvalue weighted by atomic mass is 10.1. The molecule has 0 amide bonds. The van der Waals surface area contributed by atoms with Crippen LogP contribution in [0.2, 0.25) is 0 Å². The van der Waals surface area contributed by atoms with Gasteiger partial charge in [0.1, 0.15) is 17.5 Å². The number of piperazine rings is 1. The van der Waals surface area contributed by atoms with Crippen molar-refractivity contribution in [1.82, 2.24) is 14.3 Å². The summed E-state index contributed by atoms with van der Waals surface area (Å²) in [4.78, 5) is 11.7. The predicted octanol–water partition coefficient (Wildman–Crippen LogP) is 4.27. The van der Waals surface area contributed by atoms with Crippen LogP contribution in [-0.4, -0.2) is 48.9 Å². The first-order chi connectivity index (χ1) is 15.6. The van der Waals surface area contributed by atoms with E-state index in [0.717, 1.165) is 34.0 Å². The number of sulfonamides is 1. The lowest BCUT2D eigenvalue weighted by Crippen LogP contribution is -2.49. The third-order valence-electron chi connectivity index (χ3n) is 5.91. The van der Waals surface area contributed by atoms with E-state index in [4.69, 9.17) is 0 Å². The summed E-state index contributed by atoms with van der Waals surface area (Å²) in [5.41, 5.74) is 4.83. The molecule has 1 aliphatic heterocycles. The Hall–Kier alpha value is -2.97. The molecule has 2 heterocycles. The highest BCUT2D eigenvalue weighted by Gasteiger charge is 2.31. The van der Waals surface area contributed by atoms with Gasteiger partial charge in [-0.05, 0) is 57.9 Å². The zero-order valence-electron chi connectivity index (χ0n) is 19.9. The number of aromatic nitrogens is 2. The lowest BCUT2D eigenvalue weighted by Gasteiger charge is -2.35. The van der Waals surface area contributed by atoms with Gasteiger partial charge in [-0.1, -0.05) is 35.4 Å². The van der Waals surface area contributed by atoms with E-state index in [1.165, 1.54) is 5.56 Å². The van der Waals surface area contributed by atoms with Gasteiger partial charge >= 0.3 is 0 Å². The molecule has 0 unspecified atom stereocenters. The van der Waals surface area contributed by atoms with Crippen LogP contribution in [0.4, 0.5) is 17.3 Å². The molecule has 7 nitrogen and oxygen atoms in total. The molecule has 1 N–H and O–H groups in total. The van der Waals surface area contributed by atoms with Gasteiger partial charge in [0.15, 0.2) is 0 Å². The van der Waals surface area contributed by atoms with E-state index < -0.39 is 10.0 Å². The van der Waals surface area contributed by atoms with Gasteiger partial charge in [-0.15, -0.1) is 0 Å². The van der Waals surface area contributed by atoms with Crippen molar-refractivity contribution in [3.8, 4) is 0 Å². The fourth-order valence-corrected chi connectivity index (χ4v) is 6.26. The molecule has 33 heavy (non-hydrogen) atoms. The Labute approximate surface area is 196 Å². The predicted molar refractivity (Wildman–Crippen MR) is 133 cm³/mol. The third-order valence-corrected chi connectivity index (χ3v) is 8.12. The van der Waals surface area contributed by atoms with Crippen molar-refractivity contribution in [1.29, 1.82) is 0 Å². The van der Waals surface area contributed by atoms with Gasteiger partial charge in [-0.25, -0.2) is 18.4 Å². The average molecular weight is 466 g/mol. The van der Waals surface area contributed by atoms with E-state index in [1.807, 2.05) is 58.0 Å². The Kier molecular flexibility index (Phi) is 6.41. The summed E-state index contributed by atoms with van der Waals surface area (Å²) in [5.74, 6) is 2.20. The largest absolute Gasteiger partial charge is 0.354 e. The standard InChI is InChI=1S/C25H31N5O2S/c1-17-6-8-22(9-7-17)28-23-16-24(27-21(5)26-23)29-10-12-30(13-11-29)33(31,32)25-19(3)14-18(2)15-20(25)4/h6-9,14-16H,10-13H2,1-5H3,(H,26,27,28). The second-order valence-electron chi connectivity index (χ2n) is 8.77. The number of nitrogens with zero attached hydrogens (tertiary/aromatic N) is 4. The van der Waals surface area contributed by atoms with Crippen molar-refractivity contribution < 1.29 is 8.42 Å². The van der Waals surface area contributed by atoms with Crippen molar-refractivity contribution in [3.05, 3.63) is 70.5 Å². The lowest BCUT2D eigenvalue weighted by molar-refractivity contribution is 0.383. The SMILES string of the molecule is Cc1ccc(Nc2cc(N3CCN(S(=O)(=O)c4c(C)cc(C)cc4C)CC3)nc(C)n2)cc1. The Bertz CT molecular complexity index is 1240. The van der Waals surface area contributed by atoms with Gasteiger partial charge in [-0.3, -0.25) is 0 Å². The second kappa shape index (κ2) is 9.11. The Morgan fingerprint density at radius 3 is 2.00 bits per heavy atom. The highest BCUT2D eigenvalue weighted by atomic mass is 32.2. The first-order valence-electron chi connectivity index (χ1n) is 11.2. The number of hydrogen-bond donors (Lipinski definition) is 1. The maximum atomic E-state index is 13.4. The van der Waals surface area contributed by atoms with Crippen molar-refractivity contribution in [2.45, 2.75) is 39.5 Å². The summed E-state index contributed by atoms with van der Waals surface area (Å²) in [6.07, 6.45) is 0. The molecule has 2 aromatic carbocycles.